The van der Waals surface area contributed by atoms with E-state index in [2.05, 4.69) is 15.5 Å². The molecular formula is C13H21N3OS. The van der Waals surface area contributed by atoms with Gasteiger partial charge in [0.25, 0.3) is 0 Å². The van der Waals surface area contributed by atoms with Gasteiger partial charge in [-0.15, -0.1) is 0 Å². The molecule has 0 radical (unpaired) electrons. The fraction of sp³-hybridized carbons (Fsp3) is 0.846. The molecule has 3 rings (SSSR count). The minimum Gasteiger partial charge on any atom is -0.339 e. The molecule has 100 valence electrons. The van der Waals surface area contributed by atoms with Gasteiger partial charge in [-0.05, 0) is 31.8 Å². The third-order valence-corrected chi connectivity index (χ3v) is 5.21. The Labute approximate surface area is 112 Å². The Morgan fingerprint density at radius 2 is 2.06 bits per heavy atom. The molecule has 0 bridgehead atoms. The van der Waals surface area contributed by atoms with E-state index in [4.69, 9.17) is 4.52 Å². The molecule has 2 aliphatic rings. The molecule has 1 saturated carbocycles. The molecule has 0 aromatic carbocycles. The average molecular weight is 267 g/mol. The van der Waals surface area contributed by atoms with Gasteiger partial charge in [-0.1, -0.05) is 24.4 Å². The average Bonchev–Trinajstić information content (AvgIpc) is 2.81. The Balaban J connectivity index is 1.44. The van der Waals surface area contributed by atoms with Crippen LogP contribution < -0.4 is 5.32 Å². The fourth-order valence-electron chi connectivity index (χ4n) is 2.60. The van der Waals surface area contributed by atoms with Crippen LogP contribution >= 0.6 is 11.8 Å². The Morgan fingerprint density at radius 3 is 2.78 bits per heavy atom. The number of rotatable bonds is 5. The van der Waals surface area contributed by atoms with Gasteiger partial charge in [0.2, 0.25) is 5.89 Å². The second-order valence-electron chi connectivity index (χ2n) is 5.40. The first-order chi connectivity index (χ1) is 8.90. The summed E-state index contributed by atoms with van der Waals surface area (Å²) in [6, 6.07) is 0. The van der Waals surface area contributed by atoms with Gasteiger partial charge in [-0.3, -0.25) is 0 Å². The van der Waals surface area contributed by atoms with E-state index in [0.717, 1.165) is 42.2 Å². The predicted molar refractivity (Wildman–Crippen MR) is 72.5 cm³/mol. The summed E-state index contributed by atoms with van der Waals surface area (Å²) in [6.07, 6.45) is 7.87. The highest BCUT2D eigenvalue weighted by molar-refractivity contribution is 7.99. The number of thioether (sulfide) groups is 1. The second kappa shape index (κ2) is 6.06. The van der Waals surface area contributed by atoms with Crippen LogP contribution in [0.2, 0.25) is 0 Å². The first kappa shape index (κ1) is 12.5. The SMILES string of the molecule is C1CCC(SCc2noc(CC3CNC3)n2)CC1. The van der Waals surface area contributed by atoms with Crippen LogP contribution in [0.4, 0.5) is 0 Å². The molecule has 1 saturated heterocycles. The van der Waals surface area contributed by atoms with Crippen LogP contribution in [0.5, 0.6) is 0 Å². The molecule has 0 spiro atoms. The van der Waals surface area contributed by atoms with Gasteiger partial charge in [0.05, 0.1) is 5.75 Å². The molecule has 1 aliphatic carbocycles. The van der Waals surface area contributed by atoms with Gasteiger partial charge in [0.1, 0.15) is 0 Å². The van der Waals surface area contributed by atoms with Gasteiger partial charge < -0.3 is 9.84 Å². The summed E-state index contributed by atoms with van der Waals surface area (Å²) < 4.78 is 5.31. The lowest BCUT2D eigenvalue weighted by Crippen LogP contribution is -2.43. The number of hydrogen-bond donors (Lipinski definition) is 1. The normalized spacial score (nSPS) is 22.0. The van der Waals surface area contributed by atoms with Gasteiger partial charge >= 0.3 is 0 Å². The van der Waals surface area contributed by atoms with Crippen molar-refractivity contribution < 1.29 is 4.52 Å². The van der Waals surface area contributed by atoms with E-state index >= 15 is 0 Å². The number of aromatic nitrogens is 2. The van der Waals surface area contributed by atoms with Gasteiger partial charge in [-0.2, -0.15) is 16.7 Å². The van der Waals surface area contributed by atoms with Crippen molar-refractivity contribution >= 4 is 11.8 Å². The van der Waals surface area contributed by atoms with Crippen molar-refractivity contribution in [3.63, 3.8) is 0 Å². The summed E-state index contributed by atoms with van der Waals surface area (Å²) in [7, 11) is 0. The molecule has 18 heavy (non-hydrogen) atoms. The van der Waals surface area contributed by atoms with E-state index in [9.17, 15) is 0 Å². The van der Waals surface area contributed by atoms with E-state index < -0.39 is 0 Å². The largest absolute Gasteiger partial charge is 0.339 e. The van der Waals surface area contributed by atoms with Crippen LogP contribution in [0.15, 0.2) is 4.52 Å². The first-order valence-electron chi connectivity index (χ1n) is 7.04. The summed E-state index contributed by atoms with van der Waals surface area (Å²) in [5, 5.41) is 8.16. The Hall–Kier alpha value is -0.550. The lowest BCUT2D eigenvalue weighted by molar-refractivity contribution is 0.295. The third-order valence-electron chi connectivity index (χ3n) is 3.84. The van der Waals surface area contributed by atoms with E-state index in [1.165, 1.54) is 32.1 Å². The molecule has 0 unspecified atom stereocenters. The topological polar surface area (TPSA) is 51.0 Å². The molecule has 1 aromatic rings. The maximum Gasteiger partial charge on any atom is 0.227 e. The minimum atomic E-state index is 0.698. The van der Waals surface area contributed by atoms with Crippen LogP contribution in [-0.2, 0) is 12.2 Å². The summed E-state index contributed by atoms with van der Waals surface area (Å²) >= 11 is 2.01. The van der Waals surface area contributed by atoms with Gasteiger partial charge in [0.15, 0.2) is 5.82 Å². The highest BCUT2D eigenvalue weighted by atomic mass is 32.2. The summed E-state index contributed by atoms with van der Waals surface area (Å²) in [5.74, 6) is 3.31. The molecule has 1 aromatic heterocycles. The number of hydrogen-bond acceptors (Lipinski definition) is 5. The first-order valence-corrected chi connectivity index (χ1v) is 8.09. The van der Waals surface area contributed by atoms with Gasteiger partial charge in [0, 0.05) is 11.7 Å². The minimum absolute atomic E-state index is 0.698. The molecule has 2 heterocycles. The lowest BCUT2D eigenvalue weighted by Gasteiger charge is -2.25. The summed E-state index contributed by atoms with van der Waals surface area (Å²) in [6.45, 7) is 2.18. The zero-order chi connectivity index (χ0) is 12.2. The number of nitrogens with zero attached hydrogens (tertiary/aromatic N) is 2. The van der Waals surface area contributed by atoms with Crippen LogP contribution in [0.25, 0.3) is 0 Å². The van der Waals surface area contributed by atoms with Crippen molar-refractivity contribution in [1.82, 2.24) is 15.5 Å². The zero-order valence-corrected chi connectivity index (χ0v) is 11.5. The van der Waals surface area contributed by atoms with Crippen LogP contribution in [-0.4, -0.2) is 28.5 Å². The van der Waals surface area contributed by atoms with E-state index in [1.807, 2.05) is 11.8 Å². The molecule has 1 N–H and O–H groups in total. The van der Waals surface area contributed by atoms with Gasteiger partial charge in [-0.25, -0.2) is 0 Å². The standard InChI is InChI=1S/C13H21N3OS/c1-2-4-11(5-3-1)18-9-12-15-13(17-16-12)6-10-7-14-8-10/h10-11,14H,1-9H2. The highest BCUT2D eigenvalue weighted by Gasteiger charge is 2.21. The summed E-state index contributed by atoms with van der Waals surface area (Å²) in [4.78, 5) is 4.49. The molecule has 1 aliphatic heterocycles. The summed E-state index contributed by atoms with van der Waals surface area (Å²) in [5.41, 5.74) is 0. The molecule has 4 nitrogen and oxygen atoms in total. The third kappa shape index (κ3) is 3.26. The Bertz CT molecular complexity index is 372. The van der Waals surface area contributed by atoms with Crippen molar-refractivity contribution in [3.05, 3.63) is 11.7 Å². The van der Waals surface area contributed by atoms with Crippen LogP contribution in [0.1, 0.15) is 43.8 Å². The number of nitrogens with one attached hydrogen (secondary N) is 1. The smallest absolute Gasteiger partial charge is 0.227 e. The highest BCUT2D eigenvalue weighted by Crippen LogP contribution is 2.29. The zero-order valence-electron chi connectivity index (χ0n) is 10.7. The van der Waals surface area contributed by atoms with Crippen LogP contribution in [0, 0.1) is 5.92 Å². The molecule has 5 heteroatoms. The van der Waals surface area contributed by atoms with E-state index in [1.54, 1.807) is 0 Å². The van der Waals surface area contributed by atoms with E-state index in [-0.39, 0.29) is 0 Å². The molecular weight excluding hydrogens is 246 g/mol. The Morgan fingerprint density at radius 1 is 1.22 bits per heavy atom. The molecule has 0 atom stereocenters. The fourth-order valence-corrected chi connectivity index (χ4v) is 3.76. The van der Waals surface area contributed by atoms with Crippen molar-refractivity contribution in [1.29, 1.82) is 0 Å². The predicted octanol–water partition coefficient (Wildman–Crippen LogP) is 2.40. The maximum atomic E-state index is 5.31. The lowest BCUT2D eigenvalue weighted by atomic mass is 10.00. The Kier molecular flexibility index (Phi) is 4.20. The monoisotopic (exact) mass is 267 g/mol. The van der Waals surface area contributed by atoms with Crippen molar-refractivity contribution in [2.45, 2.75) is 49.5 Å². The van der Waals surface area contributed by atoms with Crippen molar-refractivity contribution in [2.24, 2.45) is 5.92 Å². The molecule has 2 fully saturated rings. The van der Waals surface area contributed by atoms with Crippen LogP contribution in [0.3, 0.4) is 0 Å². The molecule has 0 amide bonds. The second-order valence-corrected chi connectivity index (χ2v) is 6.69. The van der Waals surface area contributed by atoms with E-state index in [0.29, 0.717) is 5.92 Å². The van der Waals surface area contributed by atoms with Crippen molar-refractivity contribution in [2.75, 3.05) is 13.1 Å². The van der Waals surface area contributed by atoms with Crippen molar-refractivity contribution in [3.8, 4) is 0 Å². The maximum absolute atomic E-state index is 5.31. The quantitative estimate of drug-likeness (QED) is 0.887.